The monoisotopic (exact) mass is 295 g/mol. The first-order valence-electron chi connectivity index (χ1n) is 7.66. The van der Waals surface area contributed by atoms with Crippen molar-refractivity contribution in [1.82, 2.24) is 4.90 Å². The molecule has 3 nitrogen and oxygen atoms in total. The third kappa shape index (κ3) is 4.37. The first kappa shape index (κ1) is 15.6. The van der Waals surface area contributed by atoms with Crippen LogP contribution in [0.25, 0.3) is 0 Å². The summed E-state index contributed by atoms with van der Waals surface area (Å²) in [6, 6.07) is 8.15. The van der Waals surface area contributed by atoms with Crippen LogP contribution in [-0.2, 0) is 0 Å². The van der Waals surface area contributed by atoms with Gasteiger partial charge in [0.05, 0.1) is 0 Å². The molecule has 1 fully saturated rings. The van der Waals surface area contributed by atoms with Crippen LogP contribution >= 0.6 is 11.6 Å². The van der Waals surface area contributed by atoms with Crippen molar-refractivity contribution in [3.63, 3.8) is 0 Å². The fourth-order valence-corrected chi connectivity index (χ4v) is 2.94. The van der Waals surface area contributed by atoms with Crippen LogP contribution in [0.4, 0.5) is 5.69 Å². The SMILES string of the molecule is CCC(CN)CCN1CCN(c2cccc(Cl)c2)CC1. The Hall–Kier alpha value is -0.770. The van der Waals surface area contributed by atoms with Gasteiger partial charge in [0.15, 0.2) is 0 Å². The molecular weight excluding hydrogens is 270 g/mol. The Morgan fingerprint density at radius 3 is 2.60 bits per heavy atom. The summed E-state index contributed by atoms with van der Waals surface area (Å²) >= 11 is 6.06. The van der Waals surface area contributed by atoms with Crippen molar-refractivity contribution in [2.75, 3.05) is 44.2 Å². The quantitative estimate of drug-likeness (QED) is 0.876. The smallest absolute Gasteiger partial charge is 0.0426 e. The first-order valence-corrected chi connectivity index (χ1v) is 8.03. The third-order valence-corrected chi connectivity index (χ3v) is 4.54. The van der Waals surface area contributed by atoms with Crippen LogP contribution in [0.15, 0.2) is 24.3 Å². The minimum atomic E-state index is 0.681. The van der Waals surface area contributed by atoms with Crippen molar-refractivity contribution >= 4 is 17.3 Å². The van der Waals surface area contributed by atoms with Gasteiger partial charge in [-0.25, -0.2) is 0 Å². The normalized spacial score (nSPS) is 18.2. The number of rotatable bonds is 6. The molecule has 0 amide bonds. The molecule has 1 aliphatic heterocycles. The summed E-state index contributed by atoms with van der Waals surface area (Å²) in [7, 11) is 0. The van der Waals surface area contributed by atoms with Gasteiger partial charge in [0.2, 0.25) is 0 Å². The van der Waals surface area contributed by atoms with Crippen LogP contribution in [0.1, 0.15) is 19.8 Å². The van der Waals surface area contributed by atoms with Crippen molar-refractivity contribution in [1.29, 1.82) is 0 Å². The fraction of sp³-hybridized carbons (Fsp3) is 0.625. The van der Waals surface area contributed by atoms with Gasteiger partial charge >= 0.3 is 0 Å². The Kier molecular flexibility index (Phi) is 6.14. The minimum Gasteiger partial charge on any atom is -0.369 e. The zero-order valence-electron chi connectivity index (χ0n) is 12.4. The summed E-state index contributed by atoms with van der Waals surface area (Å²) in [6.07, 6.45) is 2.42. The van der Waals surface area contributed by atoms with E-state index >= 15 is 0 Å². The Balaban J connectivity index is 1.78. The van der Waals surface area contributed by atoms with Gasteiger partial charge in [0, 0.05) is 36.9 Å². The number of nitrogens with zero attached hydrogens (tertiary/aromatic N) is 2. The van der Waals surface area contributed by atoms with Crippen LogP contribution in [0.3, 0.4) is 0 Å². The van der Waals surface area contributed by atoms with E-state index < -0.39 is 0 Å². The molecule has 0 bridgehead atoms. The van der Waals surface area contributed by atoms with Crippen LogP contribution < -0.4 is 10.6 Å². The lowest BCUT2D eigenvalue weighted by Gasteiger charge is -2.36. The molecule has 0 saturated carbocycles. The zero-order valence-corrected chi connectivity index (χ0v) is 13.1. The van der Waals surface area contributed by atoms with Crippen molar-refractivity contribution in [3.05, 3.63) is 29.3 Å². The lowest BCUT2D eigenvalue weighted by molar-refractivity contribution is 0.237. The molecule has 1 aliphatic rings. The second-order valence-electron chi connectivity index (χ2n) is 5.61. The zero-order chi connectivity index (χ0) is 14.4. The summed E-state index contributed by atoms with van der Waals surface area (Å²) in [6.45, 7) is 8.66. The van der Waals surface area contributed by atoms with E-state index in [0.29, 0.717) is 5.92 Å². The largest absolute Gasteiger partial charge is 0.369 e. The molecule has 20 heavy (non-hydrogen) atoms. The van der Waals surface area contributed by atoms with Gasteiger partial charge in [-0.3, -0.25) is 4.90 Å². The third-order valence-electron chi connectivity index (χ3n) is 4.31. The molecule has 1 saturated heterocycles. The summed E-state index contributed by atoms with van der Waals surface area (Å²) in [5.74, 6) is 0.681. The molecule has 1 unspecified atom stereocenters. The van der Waals surface area contributed by atoms with Crippen molar-refractivity contribution in [2.45, 2.75) is 19.8 Å². The lowest BCUT2D eigenvalue weighted by atomic mass is 10.0. The van der Waals surface area contributed by atoms with Gasteiger partial charge in [-0.1, -0.05) is 31.0 Å². The maximum Gasteiger partial charge on any atom is 0.0426 e. The van der Waals surface area contributed by atoms with Gasteiger partial charge in [0.1, 0.15) is 0 Å². The highest BCUT2D eigenvalue weighted by Crippen LogP contribution is 2.21. The number of nitrogens with two attached hydrogens (primary N) is 1. The van der Waals surface area contributed by atoms with Gasteiger partial charge in [-0.15, -0.1) is 0 Å². The highest BCUT2D eigenvalue weighted by Gasteiger charge is 2.17. The Bertz CT molecular complexity index is 398. The molecule has 0 radical (unpaired) electrons. The fourth-order valence-electron chi connectivity index (χ4n) is 2.76. The highest BCUT2D eigenvalue weighted by atomic mass is 35.5. The topological polar surface area (TPSA) is 32.5 Å². The van der Waals surface area contributed by atoms with E-state index in [1.165, 1.54) is 25.1 Å². The predicted octanol–water partition coefficient (Wildman–Crippen LogP) is 2.84. The molecule has 0 spiro atoms. The molecule has 112 valence electrons. The van der Waals surface area contributed by atoms with Crippen LogP contribution in [0.2, 0.25) is 5.02 Å². The van der Waals surface area contributed by atoms with E-state index in [0.717, 1.165) is 37.7 Å². The number of hydrogen-bond acceptors (Lipinski definition) is 3. The number of hydrogen-bond donors (Lipinski definition) is 1. The van der Waals surface area contributed by atoms with E-state index in [2.05, 4.69) is 28.9 Å². The van der Waals surface area contributed by atoms with E-state index in [1.807, 2.05) is 12.1 Å². The Morgan fingerprint density at radius 2 is 2.00 bits per heavy atom. The van der Waals surface area contributed by atoms with Gasteiger partial charge in [-0.05, 0) is 43.6 Å². The highest BCUT2D eigenvalue weighted by molar-refractivity contribution is 6.30. The minimum absolute atomic E-state index is 0.681. The van der Waals surface area contributed by atoms with Crippen molar-refractivity contribution in [2.24, 2.45) is 11.7 Å². The molecule has 0 aliphatic carbocycles. The van der Waals surface area contributed by atoms with Crippen molar-refractivity contribution in [3.8, 4) is 0 Å². The summed E-state index contributed by atoms with van der Waals surface area (Å²) < 4.78 is 0. The van der Waals surface area contributed by atoms with E-state index in [4.69, 9.17) is 17.3 Å². The van der Waals surface area contributed by atoms with Crippen LogP contribution in [0.5, 0.6) is 0 Å². The van der Waals surface area contributed by atoms with Crippen LogP contribution in [0, 0.1) is 5.92 Å². The molecule has 4 heteroatoms. The standard InChI is InChI=1S/C16H26ClN3/c1-2-14(13-18)6-7-19-8-10-20(11-9-19)16-5-3-4-15(17)12-16/h3-5,12,14H,2,6-11,13,18H2,1H3. The molecule has 1 aromatic carbocycles. The Morgan fingerprint density at radius 1 is 1.25 bits per heavy atom. The Labute approximate surface area is 127 Å². The molecular formula is C16H26ClN3. The summed E-state index contributed by atoms with van der Waals surface area (Å²) in [4.78, 5) is 4.97. The van der Waals surface area contributed by atoms with Crippen molar-refractivity contribution < 1.29 is 0 Å². The summed E-state index contributed by atoms with van der Waals surface area (Å²) in [5, 5.41) is 0.818. The second kappa shape index (κ2) is 7.87. The molecule has 1 atom stereocenters. The average Bonchev–Trinajstić information content (AvgIpc) is 2.49. The van der Waals surface area contributed by atoms with E-state index in [9.17, 15) is 0 Å². The maximum absolute atomic E-state index is 6.06. The number of halogens is 1. The molecule has 1 heterocycles. The number of benzene rings is 1. The lowest BCUT2D eigenvalue weighted by Crippen LogP contribution is -2.47. The number of anilines is 1. The van der Waals surface area contributed by atoms with E-state index in [-0.39, 0.29) is 0 Å². The molecule has 2 N–H and O–H groups in total. The first-order chi connectivity index (χ1) is 9.72. The average molecular weight is 296 g/mol. The predicted molar refractivity (Wildman–Crippen MR) is 87.6 cm³/mol. The maximum atomic E-state index is 6.06. The molecule has 0 aromatic heterocycles. The summed E-state index contributed by atoms with van der Waals surface area (Å²) in [5.41, 5.74) is 7.01. The molecule has 1 aromatic rings. The molecule has 2 rings (SSSR count). The van der Waals surface area contributed by atoms with Gasteiger partial charge in [-0.2, -0.15) is 0 Å². The second-order valence-corrected chi connectivity index (χ2v) is 6.04. The van der Waals surface area contributed by atoms with Gasteiger partial charge in [0.25, 0.3) is 0 Å². The van der Waals surface area contributed by atoms with Gasteiger partial charge < -0.3 is 10.6 Å². The number of piperazine rings is 1. The van der Waals surface area contributed by atoms with E-state index in [1.54, 1.807) is 0 Å². The van der Waals surface area contributed by atoms with Crippen LogP contribution in [-0.4, -0.2) is 44.2 Å².